The predicted octanol–water partition coefficient (Wildman–Crippen LogP) is -0.114. The minimum Gasteiger partial charge on any atom is -0.391 e. The first-order chi connectivity index (χ1) is 6.15. The van der Waals surface area contributed by atoms with Crippen molar-refractivity contribution < 1.29 is 20.4 Å². The molecule has 0 aromatic carbocycles. The molecule has 0 unspecified atom stereocenters. The molecule has 4 atom stereocenters. The van der Waals surface area contributed by atoms with Crippen molar-refractivity contribution in [3.63, 3.8) is 0 Å². The average molecular weight is 206 g/mol. The number of hydrogen-bond donors (Lipinski definition) is 4. The summed E-state index contributed by atoms with van der Waals surface area (Å²) < 4.78 is 0. The lowest BCUT2D eigenvalue weighted by molar-refractivity contribution is -0.107. The van der Waals surface area contributed by atoms with Crippen LogP contribution in [0.2, 0.25) is 0 Å². The highest BCUT2D eigenvalue weighted by Crippen LogP contribution is 2.23. The van der Waals surface area contributed by atoms with Crippen molar-refractivity contribution in [1.29, 1.82) is 0 Å². The third-order valence-corrected chi connectivity index (χ3v) is 2.06. The van der Waals surface area contributed by atoms with Gasteiger partial charge in [-0.2, -0.15) is 0 Å². The lowest BCUT2D eigenvalue weighted by atomic mass is 9.86. The van der Waals surface area contributed by atoms with E-state index in [0.717, 1.165) is 0 Å². The summed E-state index contributed by atoms with van der Waals surface area (Å²) in [4.78, 5) is 0. The molecule has 4 heteroatoms. The molecule has 0 radical (unpaired) electrons. The molecule has 0 rings (SSSR count). The van der Waals surface area contributed by atoms with E-state index in [1.165, 1.54) is 6.92 Å². The van der Waals surface area contributed by atoms with Crippen LogP contribution in [0.1, 0.15) is 34.1 Å². The summed E-state index contributed by atoms with van der Waals surface area (Å²) in [5.74, 6) is 0. The Balaban J connectivity index is 4.18. The van der Waals surface area contributed by atoms with Gasteiger partial charge in [0.2, 0.25) is 0 Å². The van der Waals surface area contributed by atoms with E-state index in [-0.39, 0.29) is 5.41 Å². The van der Waals surface area contributed by atoms with Gasteiger partial charge in [0.05, 0.1) is 12.2 Å². The highest BCUT2D eigenvalue weighted by atomic mass is 16.4. The number of rotatable bonds is 4. The van der Waals surface area contributed by atoms with Crippen LogP contribution in [0.3, 0.4) is 0 Å². The van der Waals surface area contributed by atoms with Crippen LogP contribution in [-0.4, -0.2) is 44.8 Å². The summed E-state index contributed by atoms with van der Waals surface area (Å²) in [6, 6.07) is 0. The maximum atomic E-state index is 9.55. The molecule has 4 nitrogen and oxygen atoms in total. The molecule has 86 valence electrons. The number of aliphatic hydroxyl groups is 4. The molecule has 0 aromatic heterocycles. The molecule has 0 amide bonds. The standard InChI is InChI=1S/C10H22O4/c1-6(11)8(13)9(14)7(12)5-10(2,3)4/h6-9,11-14H,5H2,1-4H3/t6-,7+,8+,9-/m1/s1. The molecule has 0 spiro atoms. The first-order valence-electron chi connectivity index (χ1n) is 4.87. The maximum Gasteiger partial charge on any atom is 0.108 e. The summed E-state index contributed by atoms with van der Waals surface area (Å²) in [7, 11) is 0. The van der Waals surface area contributed by atoms with E-state index < -0.39 is 24.4 Å². The van der Waals surface area contributed by atoms with E-state index in [1.807, 2.05) is 20.8 Å². The molecule has 4 N–H and O–H groups in total. The zero-order valence-electron chi connectivity index (χ0n) is 9.31. The van der Waals surface area contributed by atoms with Crippen molar-refractivity contribution >= 4 is 0 Å². The van der Waals surface area contributed by atoms with Crippen molar-refractivity contribution in [2.75, 3.05) is 0 Å². The number of hydrogen-bond acceptors (Lipinski definition) is 4. The molecule has 0 aliphatic rings. The third kappa shape index (κ3) is 4.91. The molecular weight excluding hydrogens is 184 g/mol. The Hall–Kier alpha value is -0.160. The molecular formula is C10H22O4. The van der Waals surface area contributed by atoms with Crippen molar-refractivity contribution in [2.45, 2.75) is 58.5 Å². The summed E-state index contributed by atoms with van der Waals surface area (Å²) in [6.45, 7) is 7.16. The predicted molar refractivity (Wildman–Crippen MR) is 53.8 cm³/mol. The SMILES string of the molecule is C[C@@H](O)[C@H](O)[C@H](O)[C@@H](O)CC(C)(C)C. The fourth-order valence-corrected chi connectivity index (χ4v) is 1.26. The Kier molecular flexibility index (Phi) is 5.01. The molecule has 0 fully saturated rings. The van der Waals surface area contributed by atoms with Gasteiger partial charge < -0.3 is 20.4 Å². The van der Waals surface area contributed by atoms with Gasteiger partial charge in [-0.25, -0.2) is 0 Å². The molecule has 0 aromatic rings. The number of aliphatic hydroxyl groups excluding tert-OH is 4. The van der Waals surface area contributed by atoms with Gasteiger partial charge in [0.1, 0.15) is 12.2 Å². The normalized spacial score (nSPS) is 21.4. The molecule has 0 saturated heterocycles. The maximum absolute atomic E-state index is 9.55. The molecule has 0 heterocycles. The lowest BCUT2D eigenvalue weighted by Gasteiger charge is -2.29. The van der Waals surface area contributed by atoms with E-state index in [1.54, 1.807) is 0 Å². The fourth-order valence-electron chi connectivity index (χ4n) is 1.26. The monoisotopic (exact) mass is 206 g/mol. The van der Waals surface area contributed by atoms with Crippen LogP contribution in [0.15, 0.2) is 0 Å². The van der Waals surface area contributed by atoms with Crippen LogP contribution in [0, 0.1) is 5.41 Å². The summed E-state index contributed by atoms with van der Waals surface area (Å²) in [6.07, 6.45) is -4.28. The zero-order valence-corrected chi connectivity index (χ0v) is 9.31. The molecule has 0 bridgehead atoms. The fraction of sp³-hybridized carbons (Fsp3) is 1.00. The zero-order chi connectivity index (χ0) is 11.5. The van der Waals surface area contributed by atoms with Crippen LogP contribution < -0.4 is 0 Å². The Morgan fingerprint density at radius 1 is 0.929 bits per heavy atom. The van der Waals surface area contributed by atoms with Crippen molar-refractivity contribution in [3.05, 3.63) is 0 Å². The quantitative estimate of drug-likeness (QED) is 0.517. The van der Waals surface area contributed by atoms with Gasteiger partial charge in [0, 0.05) is 0 Å². The summed E-state index contributed by atoms with van der Waals surface area (Å²) >= 11 is 0. The molecule has 0 saturated carbocycles. The van der Waals surface area contributed by atoms with Crippen LogP contribution >= 0.6 is 0 Å². The van der Waals surface area contributed by atoms with Crippen molar-refractivity contribution in [1.82, 2.24) is 0 Å². The van der Waals surface area contributed by atoms with Crippen molar-refractivity contribution in [3.8, 4) is 0 Å². The second-order valence-corrected chi connectivity index (χ2v) is 5.05. The highest BCUT2D eigenvalue weighted by Gasteiger charge is 2.30. The van der Waals surface area contributed by atoms with Crippen LogP contribution in [0.4, 0.5) is 0 Å². The molecule has 0 aliphatic carbocycles. The molecule has 14 heavy (non-hydrogen) atoms. The Labute approximate surface area is 85.2 Å². The second-order valence-electron chi connectivity index (χ2n) is 5.05. The average Bonchev–Trinajstić information content (AvgIpc) is 1.98. The highest BCUT2D eigenvalue weighted by molar-refractivity contribution is 4.81. The molecule has 0 aliphatic heterocycles. The summed E-state index contributed by atoms with van der Waals surface area (Å²) in [5.41, 5.74) is -0.126. The van der Waals surface area contributed by atoms with Gasteiger partial charge in [-0.05, 0) is 18.8 Å². The van der Waals surface area contributed by atoms with Crippen LogP contribution in [0.5, 0.6) is 0 Å². The first kappa shape index (κ1) is 13.8. The minimum absolute atomic E-state index is 0.126. The van der Waals surface area contributed by atoms with Gasteiger partial charge >= 0.3 is 0 Å². The van der Waals surface area contributed by atoms with Gasteiger partial charge in [0.25, 0.3) is 0 Å². The minimum atomic E-state index is -1.30. The van der Waals surface area contributed by atoms with E-state index in [9.17, 15) is 15.3 Å². The van der Waals surface area contributed by atoms with Crippen LogP contribution in [-0.2, 0) is 0 Å². The van der Waals surface area contributed by atoms with E-state index in [2.05, 4.69) is 0 Å². The van der Waals surface area contributed by atoms with Crippen molar-refractivity contribution in [2.24, 2.45) is 5.41 Å². The van der Waals surface area contributed by atoms with Crippen LogP contribution in [0.25, 0.3) is 0 Å². The van der Waals surface area contributed by atoms with Gasteiger partial charge in [0.15, 0.2) is 0 Å². The third-order valence-electron chi connectivity index (χ3n) is 2.06. The Bertz CT molecular complexity index is 162. The van der Waals surface area contributed by atoms with E-state index >= 15 is 0 Å². The Morgan fingerprint density at radius 3 is 1.64 bits per heavy atom. The van der Waals surface area contributed by atoms with Gasteiger partial charge in [-0.1, -0.05) is 20.8 Å². The first-order valence-corrected chi connectivity index (χ1v) is 4.87. The lowest BCUT2D eigenvalue weighted by Crippen LogP contribution is -2.44. The topological polar surface area (TPSA) is 80.9 Å². The summed E-state index contributed by atoms with van der Waals surface area (Å²) in [5, 5.41) is 37.3. The smallest absolute Gasteiger partial charge is 0.108 e. The van der Waals surface area contributed by atoms with Gasteiger partial charge in [-0.15, -0.1) is 0 Å². The van der Waals surface area contributed by atoms with E-state index in [4.69, 9.17) is 5.11 Å². The second kappa shape index (κ2) is 5.07. The largest absolute Gasteiger partial charge is 0.391 e. The Morgan fingerprint density at radius 2 is 1.36 bits per heavy atom. The van der Waals surface area contributed by atoms with E-state index in [0.29, 0.717) is 6.42 Å². The van der Waals surface area contributed by atoms with Gasteiger partial charge in [-0.3, -0.25) is 0 Å².